The molecule has 0 saturated heterocycles. The van der Waals surface area contributed by atoms with E-state index in [4.69, 9.17) is 11.5 Å². The Balaban J connectivity index is 2.59. The standard InChI is InChI=1S/C12H15NO/c1-3-12(9-14)13-10(2)11-7-5-4-6-8-11/h1,4-8,10,12-14H,9H2,2H3/p+1. The van der Waals surface area contributed by atoms with Crippen LogP contribution < -0.4 is 5.32 Å². The fourth-order valence-electron chi connectivity index (χ4n) is 1.39. The molecule has 1 rings (SSSR count). The first-order valence-corrected chi connectivity index (χ1v) is 4.75. The van der Waals surface area contributed by atoms with Gasteiger partial charge in [0.05, 0.1) is 0 Å². The molecule has 2 unspecified atom stereocenters. The van der Waals surface area contributed by atoms with Gasteiger partial charge in [0, 0.05) is 5.56 Å². The first-order valence-electron chi connectivity index (χ1n) is 4.75. The van der Waals surface area contributed by atoms with Gasteiger partial charge >= 0.3 is 0 Å². The van der Waals surface area contributed by atoms with E-state index in [0.717, 1.165) is 0 Å². The van der Waals surface area contributed by atoms with E-state index in [9.17, 15) is 0 Å². The minimum atomic E-state index is -0.148. The lowest BCUT2D eigenvalue weighted by Crippen LogP contribution is -2.91. The summed E-state index contributed by atoms with van der Waals surface area (Å²) < 4.78 is 0. The Bertz CT molecular complexity index is 302. The van der Waals surface area contributed by atoms with Crippen molar-refractivity contribution < 1.29 is 10.4 Å². The Kier molecular flexibility index (Phi) is 4.18. The number of aliphatic hydroxyl groups excluding tert-OH is 1. The highest BCUT2D eigenvalue weighted by molar-refractivity contribution is 5.16. The molecule has 0 spiro atoms. The number of hydrogen-bond acceptors (Lipinski definition) is 1. The predicted molar refractivity (Wildman–Crippen MR) is 56.5 cm³/mol. The summed E-state index contributed by atoms with van der Waals surface area (Å²) in [6.07, 6.45) is 5.27. The van der Waals surface area contributed by atoms with Crippen LogP contribution in [-0.2, 0) is 0 Å². The van der Waals surface area contributed by atoms with Gasteiger partial charge in [-0.15, -0.1) is 6.42 Å². The zero-order chi connectivity index (χ0) is 10.4. The maximum absolute atomic E-state index is 8.95. The number of hydrogen-bond donors (Lipinski definition) is 2. The molecule has 2 atom stereocenters. The van der Waals surface area contributed by atoms with Gasteiger partial charge in [-0.1, -0.05) is 30.3 Å². The number of quaternary nitrogens is 1. The summed E-state index contributed by atoms with van der Waals surface area (Å²) >= 11 is 0. The van der Waals surface area contributed by atoms with E-state index in [1.165, 1.54) is 5.56 Å². The summed E-state index contributed by atoms with van der Waals surface area (Å²) in [5, 5.41) is 10.9. The molecule has 0 amide bonds. The normalized spacial score (nSPS) is 14.4. The molecule has 0 aliphatic heterocycles. The molecule has 0 aromatic heterocycles. The van der Waals surface area contributed by atoms with Crippen molar-refractivity contribution in [2.45, 2.75) is 19.0 Å². The molecular formula is C12H16NO+. The number of nitrogens with two attached hydrogens (primary N) is 1. The van der Waals surface area contributed by atoms with Gasteiger partial charge in [0.2, 0.25) is 0 Å². The lowest BCUT2D eigenvalue weighted by molar-refractivity contribution is -0.714. The zero-order valence-electron chi connectivity index (χ0n) is 8.35. The van der Waals surface area contributed by atoms with Gasteiger partial charge in [0.1, 0.15) is 12.6 Å². The molecule has 0 fully saturated rings. The highest BCUT2D eigenvalue weighted by Crippen LogP contribution is 2.06. The monoisotopic (exact) mass is 190 g/mol. The smallest absolute Gasteiger partial charge is 0.171 e. The van der Waals surface area contributed by atoms with Crippen LogP contribution in [0.4, 0.5) is 0 Å². The van der Waals surface area contributed by atoms with Crippen LogP contribution in [0.25, 0.3) is 0 Å². The molecule has 0 radical (unpaired) electrons. The summed E-state index contributed by atoms with van der Waals surface area (Å²) in [5.41, 5.74) is 1.22. The molecule has 14 heavy (non-hydrogen) atoms. The van der Waals surface area contributed by atoms with Crippen LogP contribution in [0, 0.1) is 12.3 Å². The van der Waals surface area contributed by atoms with E-state index in [-0.39, 0.29) is 18.7 Å². The summed E-state index contributed by atoms with van der Waals surface area (Å²) in [7, 11) is 0. The topological polar surface area (TPSA) is 36.8 Å². The molecular weight excluding hydrogens is 174 g/mol. The van der Waals surface area contributed by atoms with Crippen molar-refractivity contribution >= 4 is 0 Å². The molecule has 0 bridgehead atoms. The summed E-state index contributed by atoms with van der Waals surface area (Å²) in [5.74, 6) is 2.55. The highest BCUT2D eigenvalue weighted by atomic mass is 16.3. The summed E-state index contributed by atoms with van der Waals surface area (Å²) in [6.45, 7) is 2.10. The van der Waals surface area contributed by atoms with Crippen LogP contribution in [0.5, 0.6) is 0 Å². The second-order valence-electron chi connectivity index (χ2n) is 3.35. The van der Waals surface area contributed by atoms with E-state index >= 15 is 0 Å². The van der Waals surface area contributed by atoms with Crippen molar-refractivity contribution in [2.24, 2.45) is 0 Å². The van der Waals surface area contributed by atoms with Crippen molar-refractivity contribution in [2.75, 3.05) is 6.61 Å². The van der Waals surface area contributed by atoms with Crippen molar-refractivity contribution in [3.8, 4) is 12.3 Å². The molecule has 1 aromatic rings. The molecule has 2 nitrogen and oxygen atoms in total. The van der Waals surface area contributed by atoms with Crippen molar-refractivity contribution in [1.29, 1.82) is 0 Å². The fourth-order valence-corrected chi connectivity index (χ4v) is 1.39. The van der Waals surface area contributed by atoms with Crippen molar-refractivity contribution in [1.82, 2.24) is 0 Å². The van der Waals surface area contributed by atoms with Crippen LogP contribution in [0.15, 0.2) is 30.3 Å². The molecule has 2 heteroatoms. The van der Waals surface area contributed by atoms with Crippen LogP contribution in [0.3, 0.4) is 0 Å². The lowest BCUT2D eigenvalue weighted by atomic mass is 10.1. The minimum absolute atomic E-state index is 0.0215. The van der Waals surface area contributed by atoms with Gasteiger partial charge < -0.3 is 10.4 Å². The largest absolute Gasteiger partial charge is 0.389 e. The van der Waals surface area contributed by atoms with E-state index in [1.54, 1.807) is 0 Å². The van der Waals surface area contributed by atoms with Crippen LogP contribution in [-0.4, -0.2) is 17.8 Å². The number of aliphatic hydroxyl groups is 1. The first kappa shape index (κ1) is 10.8. The average molecular weight is 190 g/mol. The Labute approximate surface area is 85.0 Å². The molecule has 3 N–H and O–H groups in total. The number of benzene rings is 1. The van der Waals surface area contributed by atoms with E-state index in [0.29, 0.717) is 0 Å². The third kappa shape index (κ3) is 2.88. The quantitative estimate of drug-likeness (QED) is 0.659. The van der Waals surface area contributed by atoms with Crippen LogP contribution in [0.1, 0.15) is 18.5 Å². The van der Waals surface area contributed by atoms with Gasteiger partial charge in [-0.25, -0.2) is 0 Å². The second-order valence-corrected chi connectivity index (χ2v) is 3.35. The van der Waals surface area contributed by atoms with Crippen molar-refractivity contribution in [3.63, 3.8) is 0 Å². The predicted octanol–water partition coefficient (Wildman–Crippen LogP) is 0.305. The number of rotatable bonds is 4. The summed E-state index contributed by atoms with van der Waals surface area (Å²) in [6, 6.07) is 10.3. The molecule has 0 aliphatic rings. The van der Waals surface area contributed by atoms with Gasteiger partial charge in [0.15, 0.2) is 6.04 Å². The van der Waals surface area contributed by atoms with Crippen LogP contribution >= 0.6 is 0 Å². The van der Waals surface area contributed by atoms with Gasteiger partial charge in [-0.3, -0.25) is 0 Å². The van der Waals surface area contributed by atoms with Gasteiger partial charge in [-0.2, -0.15) is 0 Å². The SMILES string of the molecule is C#CC(CO)[NH2+]C(C)c1ccccc1. The molecule has 0 aliphatic carbocycles. The lowest BCUT2D eigenvalue weighted by Gasteiger charge is -2.14. The average Bonchev–Trinajstić information content (AvgIpc) is 2.26. The van der Waals surface area contributed by atoms with E-state index in [2.05, 4.69) is 25.0 Å². The highest BCUT2D eigenvalue weighted by Gasteiger charge is 2.13. The zero-order valence-corrected chi connectivity index (χ0v) is 8.35. The molecule has 74 valence electrons. The molecule has 0 heterocycles. The van der Waals surface area contributed by atoms with Gasteiger partial charge in [-0.05, 0) is 12.8 Å². The Morgan fingerprint density at radius 2 is 2.07 bits per heavy atom. The Morgan fingerprint density at radius 3 is 2.57 bits per heavy atom. The first-order chi connectivity index (χ1) is 6.77. The maximum atomic E-state index is 8.95. The van der Waals surface area contributed by atoms with E-state index in [1.807, 2.05) is 23.5 Å². The molecule has 1 aromatic carbocycles. The van der Waals surface area contributed by atoms with E-state index < -0.39 is 0 Å². The van der Waals surface area contributed by atoms with Crippen LogP contribution in [0.2, 0.25) is 0 Å². The Hall–Kier alpha value is -1.30. The summed E-state index contributed by atoms with van der Waals surface area (Å²) in [4.78, 5) is 0. The Morgan fingerprint density at radius 1 is 1.43 bits per heavy atom. The maximum Gasteiger partial charge on any atom is 0.171 e. The molecule has 0 saturated carbocycles. The number of terminal acetylenes is 1. The third-order valence-electron chi connectivity index (χ3n) is 2.26. The minimum Gasteiger partial charge on any atom is -0.389 e. The fraction of sp³-hybridized carbons (Fsp3) is 0.333. The van der Waals surface area contributed by atoms with Crippen molar-refractivity contribution in [3.05, 3.63) is 35.9 Å². The third-order valence-corrected chi connectivity index (χ3v) is 2.26. The van der Waals surface area contributed by atoms with Gasteiger partial charge in [0.25, 0.3) is 0 Å². The second kappa shape index (κ2) is 5.43.